The van der Waals surface area contributed by atoms with Gasteiger partial charge in [-0.25, -0.2) is 4.98 Å². The fourth-order valence-corrected chi connectivity index (χ4v) is 3.81. The number of carbonyl (C=O) groups excluding carboxylic acids is 1. The molecule has 1 N–H and O–H groups in total. The zero-order chi connectivity index (χ0) is 21.1. The van der Waals surface area contributed by atoms with E-state index in [1.807, 2.05) is 46.3 Å². The van der Waals surface area contributed by atoms with Crippen LogP contribution in [0.25, 0.3) is 16.2 Å². The molecule has 0 aliphatic rings. The number of nitrogens with one attached hydrogen (secondary N) is 1. The third kappa shape index (κ3) is 4.80. The Morgan fingerprint density at radius 2 is 1.83 bits per heavy atom. The lowest BCUT2D eigenvalue weighted by Crippen LogP contribution is -2.25. The van der Waals surface area contributed by atoms with Crippen molar-refractivity contribution in [1.82, 2.24) is 14.7 Å². The summed E-state index contributed by atoms with van der Waals surface area (Å²) in [4.78, 5) is 17.7. The van der Waals surface area contributed by atoms with E-state index in [-0.39, 0.29) is 24.6 Å². The molecule has 0 bridgehead atoms. The molecule has 9 heteroatoms. The number of hydrogen-bond donors (Lipinski definition) is 1. The van der Waals surface area contributed by atoms with E-state index < -0.39 is 6.36 Å². The number of fused-ring (bicyclic) bond motifs is 1. The molecular formula is C21H16F3N3O2S. The van der Waals surface area contributed by atoms with Gasteiger partial charge in [-0.05, 0) is 17.7 Å². The average Bonchev–Trinajstić information content (AvgIpc) is 3.29. The van der Waals surface area contributed by atoms with Crippen LogP contribution in [0.5, 0.6) is 5.75 Å². The van der Waals surface area contributed by atoms with E-state index in [0.717, 1.165) is 21.9 Å². The summed E-state index contributed by atoms with van der Waals surface area (Å²) >= 11 is 1.46. The van der Waals surface area contributed by atoms with Crippen molar-refractivity contribution in [2.75, 3.05) is 0 Å². The minimum Gasteiger partial charge on any atom is -0.406 e. The molecule has 154 valence electrons. The highest BCUT2D eigenvalue weighted by Crippen LogP contribution is 2.24. The molecule has 0 aliphatic heterocycles. The Hall–Kier alpha value is -3.33. The number of imidazole rings is 1. The molecule has 30 heavy (non-hydrogen) atoms. The summed E-state index contributed by atoms with van der Waals surface area (Å²) in [5.41, 5.74) is 3.32. The largest absolute Gasteiger partial charge is 0.573 e. The van der Waals surface area contributed by atoms with Gasteiger partial charge in [0, 0.05) is 29.4 Å². The zero-order valence-electron chi connectivity index (χ0n) is 15.5. The van der Waals surface area contributed by atoms with Crippen LogP contribution < -0.4 is 10.1 Å². The van der Waals surface area contributed by atoms with Crippen LogP contribution in [0.4, 0.5) is 13.2 Å². The van der Waals surface area contributed by atoms with Crippen molar-refractivity contribution in [3.63, 3.8) is 0 Å². The number of amides is 1. The summed E-state index contributed by atoms with van der Waals surface area (Å²) in [6.07, 6.45) is -2.65. The van der Waals surface area contributed by atoms with Crippen LogP contribution in [0.1, 0.15) is 11.3 Å². The molecule has 4 aromatic rings. The Bertz CT molecular complexity index is 1150. The molecule has 0 unspecified atom stereocenters. The van der Waals surface area contributed by atoms with Crippen LogP contribution in [0, 0.1) is 0 Å². The maximum absolute atomic E-state index is 12.3. The number of benzene rings is 2. The quantitative estimate of drug-likeness (QED) is 0.476. The van der Waals surface area contributed by atoms with E-state index in [0.29, 0.717) is 5.56 Å². The van der Waals surface area contributed by atoms with Crippen molar-refractivity contribution in [3.05, 3.63) is 77.4 Å². The summed E-state index contributed by atoms with van der Waals surface area (Å²) < 4.78 is 42.3. The number of ether oxygens (including phenoxy) is 1. The predicted octanol–water partition coefficient (Wildman–Crippen LogP) is 4.82. The van der Waals surface area contributed by atoms with Gasteiger partial charge in [-0.1, -0.05) is 42.5 Å². The second kappa shape index (κ2) is 8.19. The molecule has 0 saturated heterocycles. The second-order valence-corrected chi connectivity index (χ2v) is 7.35. The molecule has 0 atom stereocenters. The maximum Gasteiger partial charge on any atom is 0.573 e. The number of nitrogens with zero attached hydrogens (tertiary/aromatic N) is 2. The fourth-order valence-electron chi connectivity index (χ4n) is 2.94. The van der Waals surface area contributed by atoms with Gasteiger partial charge in [0.1, 0.15) is 5.75 Å². The van der Waals surface area contributed by atoms with Gasteiger partial charge >= 0.3 is 6.36 Å². The van der Waals surface area contributed by atoms with E-state index in [4.69, 9.17) is 0 Å². The molecule has 0 spiro atoms. The van der Waals surface area contributed by atoms with E-state index in [1.54, 1.807) is 0 Å². The normalized spacial score (nSPS) is 11.6. The first-order valence-electron chi connectivity index (χ1n) is 9.00. The van der Waals surface area contributed by atoms with Crippen LogP contribution in [0.15, 0.2) is 66.2 Å². The fraction of sp³-hybridized carbons (Fsp3) is 0.143. The average molecular weight is 431 g/mol. The Morgan fingerprint density at radius 3 is 2.53 bits per heavy atom. The van der Waals surface area contributed by atoms with Crippen LogP contribution in [-0.4, -0.2) is 21.7 Å². The highest BCUT2D eigenvalue weighted by atomic mass is 32.1. The summed E-state index contributed by atoms with van der Waals surface area (Å²) in [6, 6.07) is 15.2. The van der Waals surface area contributed by atoms with Crippen molar-refractivity contribution < 1.29 is 22.7 Å². The molecule has 0 aliphatic carbocycles. The molecule has 5 nitrogen and oxygen atoms in total. The number of alkyl halides is 3. The Labute approximate surface area is 173 Å². The van der Waals surface area contributed by atoms with E-state index in [2.05, 4.69) is 15.0 Å². The zero-order valence-corrected chi connectivity index (χ0v) is 16.3. The highest BCUT2D eigenvalue weighted by molar-refractivity contribution is 7.15. The monoisotopic (exact) mass is 431 g/mol. The van der Waals surface area contributed by atoms with Crippen LogP contribution in [0.2, 0.25) is 0 Å². The van der Waals surface area contributed by atoms with Gasteiger partial charge in [0.25, 0.3) is 0 Å². The van der Waals surface area contributed by atoms with E-state index in [1.165, 1.54) is 35.6 Å². The standard InChI is InChI=1S/C21H16F3N3O2S/c22-21(23,24)29-17-8-6-14(7-9-17)11-25-19(28)10-16-13-30-20-26-18(12-27(16)20)15-4-2-1-3-5-15/h1-9,12-13H,10-11H2,(H,25,28). The van der Waals surface area contributed by atoms with Crippen LogP contribution >= 0.6 is 11.3 Å². The first kappa shape index (κ1) is 20.0. The van der Waals surface area contributed by atoms with E-state index in [9.17, 15) is 18.0 Å². The smallest absolute Gasteiger partial charge is 0.406 e. The molecule has 0 saturated carbocycles. The third-order valence-electron chi connectivity index (χ3n) is 4.34. The summed E-state index contributed by atoms with van der Waals surface area (Å²) in [5.74, 6) is -0.493. The first-order valence-corrected chi connectivity index (χ1v) is 9.88. The van der Waals surface area contributed by atoms with Gasteiger partial charge in [0.05, 0.1) is 12.1 Å². The third-order valence-corrected chi connectivity index (χ3v) is 5.23. The Balaban J connectivity index is 1.37. The molecule has 2 aromatic heterocycles. The lowest BCUT2D eigenvalue weighted by Gasteiger charge is -2.09. The van der Waals surface area contributed by atoms with Gasteiger partial charge in [0.2, 0.25) is 5.91 Å². The predicted molar refractivity (Wildman–Crippen MR) is 107 cm³/mol. The molecule has 4 rings (SSSR count). The molecule has 1 amide bonds. The lowest BCUT2D eigenvalue weighted by molar-refractivity contribution is -0.274. The Kier molecular flexibility index (Phi) is 5.45. The number of halogens is 3. The van der Waals surface area contributed by atoms with E-state index >= 15 is 0 Å². The van der Waals surface area contributed by atoms with Crippen LogP contribution in [0.3, 0.4) is 0 Å². The molecule has 0 fully saturated rings. The number of rotatable bonds is 6. The van der Waals surface area contributed by atoms with Crippen molar-refractivity contribution >= 4 is 22.2 Å². The topological polar surface area (TPSA) is 55.6 Å². The van der Waals surface area contributed by atoms with Crippen molar-refractivity contribution in [3.8, 4) is 17.0 Å². The number of carbonyl (C=O) groups is 1. The summed E-state index contributed by atoms with van der Waals surface area (Å²) in [6.45, 7) is 0.206. The summed E-state index contributed by atoms with van der Waals surface area (Å²) in [7, 11) is 0. The summed E-state index contributed by atoms with van der Waals surface area (Å²) in [5, 5.41) is 4.67. The van der Waals surface area contributed by atoms with Gasteiger partial charge in [-0.15, -0.1) is 24.5 Å². The first-order chi connectivity index (χ1) is 14.4. The number of hydrogen-bond acceptors (Lipinski definition) is 4. The molecule has 2 aromatic carbocycles. The van der Waals surface area contributed by atoms with Crippen molar-refractivity contribution in [2.45, 2.75) is 19.3 Å². The van der Waals surface area contributed by atoms with Gasteiger partial charge in [-0.3, -0.25) is 9.20 Å². The molecule has 2 heterocycles. The second-order valence-electron chi connectivity index (χ2n) is 6.52. The van der Waals surface area contributed by atoms with Gasteiger partial charge in [0.15, 0.2) is 4.96 Å². The minimum absolute atomic E-state index is 0.167. The van der Waals surface area contributed by atoms with Crippen molar-refractivity contribution in [1.29, 1.82) is 0 Å². The lowest BCUT2D eigenvalue weighted by atomic mass is 10.2. The van der Waals surface area contributed by atoms with Crippen LogP contribution in [-0.2, 0) is 17.8 Å². The highest BCUT2D eigenvalue weighted by Gasteiger charge is 2.30. The van der Waals surface area contributed by atoms with Gasteiger partial charge < -0.3 is 10.1 Å². The van der Waals surface area contributed by atoms with Gasteiger partial charge in [-0.2, -0.15) is 0 Å². The maximum atomic E-state index is 12.3. The molecule has 0 radical (unpaired) electrons. The SMILES string of the molecule is O=C(Cc1csc2nc(-c3ccccc3)cn12)NCc1ccc(OC(F)(F)F)cc1. The molecular weight excluding hydrogens is 415 g/mol. The minimum atomic E-state index is -4.73. The number of thiazole rings is 1. The van der Waals surface area contributed by atoms with Crippen molar-refractivity contribution in [2.24, 2.45) is 0 Å². The number of aromatic nitrogens is 2. The Morgan fingerprint density at radius 1 is 1.10 bits per heavy atom.